The number of fused-ring (bicyclic) bond motifs is 1. The maximum absolute atomic E-state index is 13.6. The third-order valence-corrected chi connectivity index (χ3v) is 6.10. The number of halogens is 1. The number of benzene rings is 1. The number of rotatable bonds is 6. The molecule has 0 radical (unpaired) electrons. The van der Waals surface area contributed by atoms with Gasteiger partial charge in [0.1, 0.15) is 5.76 Å². The molecule has 32 heavy (non-hydrogen) atoms. The number of hydrogen-bond acceptors (Lipinski definition) is 3. The molecule has 0 spiro atoms. The van der Waals surface area contributed by atoms with E-state index in [0.717, 1.165) is 18.4 Å². The van der Waals surface area contributed by atoms with Crippen LogP contribution in [0.3, 0.4) is 0 Å². The molecule has 5 heteroatoms. The standard InChI is InChI=1S/C27H32ClNO3/c1-7-13-27(5,6)16-20-22(25(32)26(2,3)4)21-15-19(30)12-14-29(21)23(20)24(31)17-8-10-18(28)11-9-17/h8-12,14-15,31H,7,13,16H2,1-6H3. The lowest BCUT2D eigenvalue weighted by Crippen LogP contribution is -2.27. The number of carbonyl (C=O) groups excluding carboxylic acids is 1. The molecule has 0 fully saturated rings. The van der Waals surface area contributed by atoms with Crippen LogP contribution in [-0.2, 0) is 6.42 Å². The predicted octanol–water partition coefficient (Wildman–Crippen LogP) is 5.98. The molecule has 0 bridgehead atoms. The van der Waals surface area contributed by atoms with E-state index in [9.17, 15) is 14.7 Å². The molecule has 2 heterocycles. The number of aliphatic hydroxyl groups is 1. The number of nitrogens with zero attached hydrogens (tertiary/aromatic N) is 1. The van der Waals surface area contributed by atoms with Crippen LogP contribution in [0.4, 0.5) is 0 Å². The van der Waals surface area contributed by atoms with E-state index >= 15 is 0 Å². The predicted molar refractivity (Wildman–Crippen MR) is 132 cm³/mol. The van der Waals surface area contributed by atoms with E-state index in [1.165, 1.54) is 12.1 Å². The van der Waals surface area contributed by atoms with Crippen LogP contribution in [-0.4, -0.2) is 15.3 Å². The molecule has 4 nitrogen and oxygen atoms in total. The number of pyridine rings is 1. The second-order valence-corrected chi connectivity index (χ2v) is 10.8. The zero-order chi connectivity index (χ0) is 23.8. The number of hydrogen-bond donors (Lipinski definition) is 1. The van der Waals surface area contributed by atoms with Crippen LogP contribution in [0.25, 0.3) is 11.3 Å². The van der Waals surface area contributed by atoms with Gasteiger partial charge in [-0.1, -0.05) is 59.6 Å². The summed E-state index contributed by atoms with van der Waals surface area (Å²) in [6.45, 7) is 12.1. The van der Waals surface area contributed by atoms with Crippen LogP contribution in [0.5, 0.6) is 0 Å². The van der Waals surface area contributed by atoms with Gasteiger partial charge in [-0.3, -0.25) is 9.59 Å². The molecule has 170 valence electrons. The Bertz CT molecular complexity index is 1260. The average molecular weight is 454 g/mol. The average Bonchev–Trinajstić information content (AvgIpc) is 2.98. The van der Waals surface area contributed by atoms with Crippen molar-refractivity contribution in [1.29, 1.82) is 0 Å². The quantitative estimate of drug-likeness (QED) is 0.467. The lowest BCUT2D eigenvalue weighted by atomic mass is 9.78. The maximum Gasteiger partial charge on any atom is 0.182 e. The Balaban J connectivity index is 2.51. The van der Waals surface area contributed by atoms with E-state index in [-0.39, 0.29) is 22.4 Å². The lowest BCUT2D eigenvalue weighted by Gasteiger charge is -2.25. The second kappa shape index (κ2) is 8.74. The second-order valence-electron chi connectivity index (χ2n) is 10.3. The molecular weight excluding hydrogens is 422 g/mol. The molecule has 1 aromatic carbocycles. The SMILES string of the molecule is CCCC(C)(C)Cc1c(C(=O)C(C)(C)C)c2cc(=O)ccn2c1=C(O)c1ccc(Cl)cc1. The molecule has 3 aromatic rings. The largest absolute Gasteiger partial charge is 0.505 e. The van der Waals surface area contributed by atoms with Crippen molar-refractivity contribution in [3.63, 3.8) is 0 Å². The van der Waals surface area contributed by atoms with Crippen LogP contribution in [0, 0.1) is 10.8 Å². The number of aromatic nitrogens is 1. The van der Waals surface area contributed by atoms with Gasteiger partial charge in [0.05, 0.1) is 10.9 Å². The first-order chi connectivity index (χ1) is 14.9. The normalized spacial score (nSPS) is 13.5. The van der Waals surface area contributed by atoms with Gasteiger partial charge in [0, 0.05) is 39.9 Å². The molecular formula is C27H32ClNO3. The number of ketones is 1. The van der Waals surface area contributed by atoms with Crippen molar-refractivity contribution in [2.75, 3.05) is 0 Å². The topological polar surface area (TPSA) is 58.8 Å². The highest BCUT2D eigenvalue weighted by molar-refractivity contribution is 6.30. The molecule has 0 aliphatic rings. The summed E-state index contributed by atoms with van der Waals surface area (Å²) in [7, 11) is 0. The van der Waals surface area contributed by atoms with Gasteiger partial charge in [-0.25, -0.2) is 0 Å². The van der Waals surface area contributed by atoms with E-state index < -0.39 is 5.41 Å². The third-order valence-electron chi connectivity index (χ3n) is 5.84. The molecule has 3 rings (SSSR count). The van der Waals surface area contributed by atoms with Crippen molar-refractivity contribution in [3.05, 3.63) is 79.9 Å². The first-order valence-electron chi connectivity index (χ1n) is 11.1. The summed E-state index contributed by atoms with van der Waals surface area (Å²) < 4.78 is 1.78. The van der Waals surface area contributed by atoms with Gasteiger partial charge in [0.2, 0.25) is 0 Å². The Morgan fingerprint density at radius 1 is 1.06 bits per heavy atom. The molecule has 0 saturated carbocycles. The van der Waals surface area contributed by atoms with Gasteiger partial charge in [-0.15, -0.1) is 0 Å². The van der Waals surface area contributed by atoms with Crippen molar-refractivity contribution in [2.24, 2.45) is 10.8 Å². The molecule has 0 saturated heterocycles. The van der Waals surface area contributed by atoms with Crippen LogP contribution < -0.4 is 10.8 Å². The zero-order valence-corrected chi connectivity index (χ0v) is 20.5. The summed E-state index contributed by atoms with van der Waals surface area (Å²) in [6, 6.07) is 9.91. The highest BCUT2D eigenvalue weighted by Gasteiger charge is 2.32. The fraction of sp³-hybridized carbons (Fsp3) is 0.407. The lowest BCUT2D eigenvalue weighted by molar-refractivity contribution is 0.0858. The Kier molecular flexibility index (Phi) is 6.57. The van der Waals surface area contributed by atoms with Crippen molar-refractivity contribution >= 4 is 28.7 Å². The first kappa shape index (κ1) is 24.1. The van der Waals surface area contributed by atoms with E-state index in [4.69, 9.17) is 11.6 Å². The minimum atomic E-state index is -0.641. The van der Waals surface area contributed by atoms with Gasteiger partial charge in [0.25, 0.3) is 0 Å². The van der Waals surface area contributed by atoms with Crippen molar-refractivity contribution < 1.29 is 9.90 Å². The van der Waals surface area contributed by atoms with Crippen molar-refractivity contribution in [2.45, 2.75) is 60.8 Å². The Morgan fingerprint density at radius 2 is 1.69 bits per heavy atom. The summed E-state index contributed by atoms with van der Waals surface area (Å²) in [5.74, 6) is 0.0172. The smallest absolute Gasteiger partial charge is 0.182 e. The molecule has 0 amide bonds. The summed E-state index contributed by atoms with van der Waals surface area (Å²) in [5, 5.41) is 12.5. The Labute approximate surface area is 194 Å². The van der Waals surface area contributed by atoms with Crippen molar-refractivity contribution in [3.8, 4) is 0 Å². The van der Waals surface area contributed by atoms with Gasteiger partial charge in [-0.05, 0) is 48.1 Å². The minimum Gasteiger partial charge on any atom is -0.505 e. The molecule has 0 aliphatic carbocycles. The summed E-state index contributed by atoms with van der Waals surface area (Å²) >= 11 is 6.05. The van der Waals surface area contributed by atoms with E-state index in [1.54, 1.807) is 34.9 Å². The highest BCUT2D eigenvalue weighted by atomic mass is 35.5. The molecule has 0 unspecified atom stereocenters. The number of carbonyl (C=O) groups is 1. The zero-order valence-electron chi connectivity index (χ0n) is 19.8. The summed E-state index contributed by atoms with van der Waals surface area (Å²) in [5.41, 5.74) is 1.53. The van der Waals surface area contributed by atoms with Gasteiger partial charge in [-0.2, -0.15) is 0 Å². The van der Waals surface area contributed by atoms with E-state index in [1.807, 2.05) is 20.8 Å². The highest BCUT2D eigenvalue weighted by Crippen LogP contribution is 2.32. The van der Waals surface area contributed by atoms with E-state index in [2.05, 4.69) is 20.8 Å². The van der Waals surface area contributed by atoms with Crippen LogP contribution in [0.15, 0.2) is 47.4 Å². The summed E-state index contributed by atoms with van der Waals surface area (Å²) in [4.78, 5) is 25.9. The van der Waals surface area contributed by atoms with Crippen LogP contribution >= 0.6 is 11.6 Å². The Morgan fingerprint density at radius 3 is 2.25 bits per heavy atom. The van der Waals surface area contributed by atoms with Crippen LogP contribution in [0.2, 0.25) is 5.02 Å². The monoisotopic (exact) mass is 453 g/mol. The molecule has 2 aromatic heterocycles. The van der Waals surface area contributed by atoms with Crippen LogP contribution in [0.1, 0.15) is 75.9 Å². The minimum absolute atomic E-state index is 0.0435. The first-order valence-corrected chi connectivity index (χ1v) is 11.4. The fourth-order valence-electron chi connectivity index (χ4n) is 4.33. The summed E-state index contributed by atoms with van der Waals surface area (Å²) in [6.07, 6.45) is 4.22. The number of Topliss-reactive ketones (excluding diaryl/α,β-unsaturated/α-hetero) is 1. The van der Waals surface area contributed by atoms with Gasteiger partial charge in [0.15, 0.2) is 11.2 Å². The number of aliphatic hydroxyl groups excluding tert-OH is 1. The molecule has 0 aliphatic heterocycles. The van der Waals surface area contributed by atoms with Gasteiger partial charge < -0.3 is 9.51 Å². The van der Waals surface area contributed by atoms with Gasteiger partial charge >= 0.3 is 0 Å². The molecule has 1 N–H and O–H groups in total. The maximum atomic E-state index is 13.6. The fourth-order valence-corrected chi connectivity index (χ4v) is 4.46. The Hall–Kier alpha value is -2.59. The van der Waals surface area contributed by atoms with Crippen molar-refractivity contribution in [1.82, 2.24) is 4.40 Å². The molecule has 0 atom stereocenters. The van der Waals surface area contributed by atoms with E-state index in [0.29, 0.717) is 33.4 Å². The third kappa shape index (κ3) is 4.75.